The van der Waals surface area contributed by atoms with Crippen LogP contribution in [0, 0.1) is 0 Å². The zero-order chi connectivity index (χ0) is 18.5. The molecule has 1 fully saturated rings. The van der Waals surface area contributed by atoms with Crippen molar-refractivity contribution in [2.45, 2.75) is 6.92 Å². The van der Waals surface area contributed by atoms with Crippen LogP contribution >= 0.6 is 11.8 Å². The Labute approximate surface area is 154 Å². The van der Waals surface area contributed by atoms with Crippen molar-refractivity contribution in [2.75, 3.05) is 6.61 Å². The van der Waals surface area contributed by atoms with E-state index in [9.17, 15) is 9.59 Å². The number of hydrogen-bond acceptors (Lipinski definition) is 5. The number of carboxylic acid groups (broad SMARTS) is 1. The van der Waals surface area contributed by atoms with Crippen LogP contribution in [0.2, 0.25) is 0 Å². The monoisotopic (exact) mass is 368 g/mol. The van der Waals surface area contributed by atoms with Crippen molar-refractivity contribution in [3.8, 4) is 5.75 Å². The summed E-state index contributed by atoms with van der Waals surface area (Å²) < 4.78 is 5.39. The number of carbonyl (C=O) groups excluding carboxylic acids is 1. The van der Waals surface area contributed by atoms with Crippen LogP contribution in [-0.4, -0.2) is 28.8 Å². The summed E-state index contributed by atoms with van der Waals surface area (Å²) in [5.74, 6) is -0.450. The lowest BCUT2D eigenvalue weighted by molar-refractivity contribution is -0.115. The number of thioether (sulfide) groups is 1. The van der Waals surface area contributed by atoms with Gasteiger partial charge in [-0.25, -0.2) is 9.79 Å². The molecule has 0 bridgehead atoms. The van der Waals surface area contributed by atoms with Gasteiger partial charge in [-0.1, -0.05) is 12.1 Å². The topological polar surface area (TPSA) is 88.0 Å². The van der Waals surface area contributed by atoms with E-state index in [-0.39, 0.29) is 11.5 Å². The summed E-state index contributed by atoms with van der Waals surface area (Å²) in [5.41, 5.74) is 1.66. The van der Waals surface area contributed by atoms with E-state index in [0.29, 0.717) is 22.4 Å². The van der Waals surface area contributed by atoms with Gasteiger partial charge in [-0.2, -0.15) is 0 Å². The van der Waals surface area contributed by atoms with Crippen molar-refractivity contribution in [3.63, 3.8) is 0 Å². The molecule has 1 heterocycles. The van der Waals surface area contributed by atoms with Gasteiger partial charge in [0.2, 0.25) is 0 Å². The van der Waals surface area contributed by atoms with Crippen molar-refractivity contribution < 1.29 is 19.4 Å². The first-order valence-corrected chi connectivity index (χ1v) is 8.72. The predicted molar refractivity (Wildman–Crippen MR) is 102 cm³/mol. The Morgan fingerprint density at radius 3 is 2.50 bits per heavy atom. The van der Waals surface area contributed by atoms with Crippen LogP contribution < -0.4 is 10.1 Å². The van der Waals surface area contributed by atoms with Crippen LogP contribution in [0.25, 0.3) is 6.08 Å². The molecule has 0 aromatic heterocycles. The molecule has 0 saturated carbocycles. The highest BCUT2D eigenvalue weighted by Crippen LogP contribution is 2.28. The third-order valence-electron chi connectivity index (χ3n) is 3.48. The molecule has 0 unspecified atom stereocenters. The Morgan fingerprint density at radius 2 is 1.88 bits per heavy atom. The molecular weight excluding hydrogens is 352 g/mol. The molecule has 3 rings (SSSR count). The second-order valence-corrected chi connectivity index (χ2v) is 6.37. The maximum atomic E-state index is 12.1. The van der Waals surface area contributed by atoms with Gasteiger partial charge < -0.3 is 15.2 Å². The number of carbonyl (C=O) groups is 2. The standard InChI is InChI=1S/C19H16N2O4S/c1-2-25-15-9-7-14(8-10-15)20-19-21-17(22)16(26-19)11-12-3-5-13(6-4-12)18(23)24/h3-11H,2H2,1H3,(H,23,24)(H,20,21,22)/b16-11-. The summed E-state index contributed by atoms with van der Waals surface area (Å²) in [6, 6.07) is 13.6. The molecule has 1 aliphatic rings. The maximum Gasteiger partial charge on any atom is 0.335 e. The average Bonchev–Trinajstić information content (AvgIpc) is 2.96. The number of amides is 1. The molecule has 6 nitrogen and oxygen atoms in total. The normalized spacial score (nSPS) is 16.7. The van der Waals surface area contributed by atoms with Gasteiger partial charge >= 0.3 is 5.97 Å². The average molecular weight is 368 g/mol. The largest absolute Gasteiger partial charge is 0.494 e. The summed E-state index contributed by atoms with van der Waals surface area (Å²) in [6.45, 7) is 2.52. The van der Waals surface area contributed by atoms with Crippen molar-refractivity contribution in [1.29, 1.82) is 0 Å². The Hall–Kier alpha value is -3.06. The van der Waals surface area contributed by atoms with Crippen molar-refractivity contribution in [1.82, 2.24) is 5.32 Å². The first-order valence-electron chi connectivity index (χ1n) is 7.91. The summed E-state index contributed by atoms with van der Waals surface area (Å²) in [6.07, 6.45) is 1.70. The Kier molecular flexibility index (Phi) is 5.38. The van der Waals surface area contributed by atoms with Gasteiger partial charge in [0.25, 0.3) is 5.91 Å². The number of aromatic carboxylic acids is 1. The minimum absolute atomic E-state index is 0.202. The maximum absolute atomic E-state index is 12.1. The molecule has 7 heteroatoms. The third-order valence-corrected chi connectivity index (χ3v) is 4.39. The molecule has 132 valence electrons. The molecule has 1 amide bonds. The minimum atomic E-state index is -0.984. The van der Waals surface area contributed by atoms with Gasteiger partial charge in [-0.05, 0) is 66.7 Å². The molecule has 2 N–H and O–H groups in total. The highest BCUT2D eigenvalue weighted by atomic mass is 32.2. The number of nitrogens with one attached hydrogen (secondary N) is 1. The second kappa shape index (κ2) is 7.88. The molecule has 1 aliphatic heterocycles. The predicted octanol–water partition coefficient (Wildman–Crippen LogP) is 3.68. The van der Waals surface area contributed by atoms with E-state index in [1.807, 2.05) is 31.2 Å². The van der Waals surface area contributed by atoms with Crippen molar-refractivity contribution in [2.24, 2.45) is 4.99 Å². The minimum Gasteiger partial charge on any atom is -0.494 e. The lowest BCUT2D eigenvalue weighted by atomic mass is 10.1. The van der Waals surface area contributed by atoms with E-state index in [4.69, 9.17) is 9.84 Å². The summed E-state index contributed by atoms with van der Waals surface area (Å²) in [7, 11) is 0. The van der Waals surface area contributed by atoms with Gasteiger partial charge in [0.05, 0.1) is 22.8 Å². The highest BCUT2D eigenvalue weighted by molar-refractivity contribution is 8.18. The van der Waals surface area contributed by atoms with E-state index in [1.54, 1.807) is 18.2 Å². The van der Waals surface area contributed by atoms with E-state index in [0.717, 1.165) is 11.3 Å². The van der Waals surface area contributed by atoms with Crippen LogP contribution in [0.4, 0.5) is 5.69 Å². The molecule has 0 spiro atoms. The molecule has 26 heavy (non-hydrogen) atoms. The first kappa shape index (κ1) is 17.8. The fourth-order valence-electron chi connectivity index (χ4n) is 2.25. The molecule has 0 aliphatic carbocycles. The molecule has 2 aromatic carbocycles. The molecule has 1 saturated heterocycles. The van der Waals surface area contributed by atoms with Crippen LogP contribution in [0.5, 0.6) is 5.75 Å². The van der Waals surface area contributed by atoms with Crippen LogP contribution in [0.3, 0.4) is 0 Å². The second-order valence-electron chi connectivity index (χ2n) is 5.34. The van der Waals surface area contributed by atoms with Gasteiger partial charge in [0.1, 0.15) is 5.75 Å². The molecule has 0 atom stereocenters. The number of nitrogens with zero attached hydrogens (tertiary/aromatic N) is 1. The zero-order valence-electron chi connectivity index (χ0n) is 13.9. The Balaban J connectivity index is 1.74. The van der Waals surface area contributed by atoms with Gasteiger partial charge in [0, 0.05) is 0 Å². The van der Waals surface area contributed by atoms with Crippen LogP contribution in [0.15, 0.2) is 58.4 Å². The SMILES string of the molecule is CCOc1ccc(N=C2NC(=O)/C(=C/c3ccc(C(=O)O)cc3)S2)cc1. The number of aliphatic imine (C=N–C) groups is 1. The quantitative estimate of drug-likeness (QED) is 0.786. The Bertz CT molecular complexity index is 887. The fourth-order valence-corrected chi connectivity index (χ4v) is 3.10. The first-order chi connectivity index (χ1) is 12.5. The Morgan fingerprint density at radius 1 is 1.19 bits per heavy atom. The van der Waals surface area contributed by atoms with Crippen LogP contribution in [-0.2, 0) is 4.79 Å². The zero-order valence-corrected chi connectivity index (χ0v) is 14.7. The summed E-state index contributed by atoms with van der Waals surface area (Å²) >= 11 is 1.24. The number of ether oxygens (including phenoxy) is 1. The fraction of sp³-hybridized carbons (Fsp3) is 0.105. The number of amidine groups is 1. The summed E-state index contributed by atoms with van der Waals surface area (Å²) in [5, 5.41) is 12.1. The van der Waals surface area contributed by atoms with E-state index < -0.39 is 5.97 Å². The van der Waals surface area contributed by atoms with E-state index in [1.165, 1.54) is 23.9 Å². The van der Waals surface area contributed by atoms with E-state index >= 15 is 0 Å². The number of rotatable bonds is 5. The smallest absolute Gasteiger partial charge is 0.335 e. The van der Waals surface area contributed by atoms with Gasteiger partial charge in [0.15, 0.2) is 5.17 Å². The molecule has 2 aromatic rings. The van der Waals surface area contributed by atoms with Gasteiger partial charge in [-0.3, -0.25) is 4.79 Å². The number of benzene rings is 2. The number of hydrogen-bond donors (Lipinski definition) is 2. The lowest BCUT2D eigenvalue weighted by Crippen LogP contribution is -2.19. The molecule has 0 radical (unpaired) electrons. The summed E-state index contributed by atoms with van der Waals surface area (Å²) in [4.78, 5) is 27.9. The lowest BCUT2D eigenvalue weighted by Gasteiger charge is -2.02. The third kappa shape index (κ3) is 4.31. The van der Waals surface area contributed by atoms with Crippen molar-refractivity contribution in [3.05, 3.63) is 64.6 Å². The van der Waals surface area contributed by atoms with Gasteiger partial charge in [-0.15, -0.1) is 0 Å². The number of carboxylic acids is 1. The molecular formula is C19H16N2O4S. The van der Waals surface area contributed by atoms with Crippen LogP contribution in [0.1, 0.15) is 22.8 Å². The highest BCUT2D eigenvalue weighted by Gasteiger charge is 2.23. The van der Waals surface area contributed by atoms with Crippen molar-refractivity contribution >= 4 is 40.6 Å². The van der Waals surface area contributed by atoms with E-state index in [2.05, 4.69) is 10.3 Å².